The average molecular weight is 285 g/mol. The van der Waals surface area contributed by atoms with Crippen LogP contribution in [0, 0.1) is 0 Å². The molecule has 0 saturated heterocycles. The molecule has 0 fully saturated rings. The minimum absolute atomic E-state index is 0.224. The Hall–Kier alpha value is -1.70. The Morgan fingerprint density at radius 1 is 1.05 bits per heavy atom. The van der Waals surface area contributed by atoms with E-state index in [9.17, 15) is 0 Å². The summed E-state index contributed by atoms with van der Waals surface area (Å²) in [6.07, 6.45) is 2.74. The van der Waals surface area contributed by atoms with Crippen LogP contribution in [0.2, 0.25) is 0 Å². The molecule has 21 heavy (non-hydrogen) atoms. The zero-order valence-electron chi connectivity index (χ0n) is 13.8. The second-order valence-corrected chi connectivity index (χ2v) is 6.28. The quantitative estimate of drug-likeness (QED) is 0.694. The van der Waals surface area contributed by atoms with Crippen LogP contribution < -0.4 is 5.32 Å². The topological polar surface area (TPSA) is 25.2 Å². The zero-order chi connectivity index (χ0) is 15.4. The molecule has 2 rings (SSSR count). The third-order valence-electron chi connectivity index (χ3n) is 3.99. The summed E-state index contributed by atoms with van der Waals surface area (Å²) < 4.78 is 5.56. The Labute approximate surface area is 128 Å². The second-order valence-electron chi connectivity index (χ2n) is 6.28. The molecule has 0 radical (unpaired) electrons. The van der Waals surface area contributed by atoms with Crippen molar-refractivity contribution < 1.29 is 4.42 Å². The van der Waals surface area contributed by atoms with E-state index in [2.05, 4.69) is 58.1 Å². The smallest absolute Gasteiger partial charge is 0.125 e. The van der Waals surface area contributed by atoms with Crippen LogP contribution in [0.1, 0.15) is 75.8 Å². The Balaban J connectivity index is 2.30. The van der Waals surface area contributed by atoms with Gasteiger partial charge in [-0.2, -0.15) is 0 Å². The van der Waals surface area contributed by atoms with Gasteiger partial charge in [-0.3, -0.25) is 0 Å². The van der Waals surface area contributed by atoms with Gasteiger partial charge in [0.15, 0.2) is 0 Å². The normalized spacial score (nSPS) is 12.9. The summed E-state index contributed by atoms with van der Waals surface area (Å²) in [5.41, 5.74) is 4.00. The summed E-state index contributed by atoms with van der Waals surface area (Å²) in [6.45, 7) is 11.2. The second kappa shape index (κ2) is 6.84. The first kappa shape index (κ1) is 15.7. The molecule has 1 N–H and O–H groups in total. The van der Waals surface area contributed by atoms with Gasteiger partial charge >= 0.3 is 0 Å². The minimum atomic E-state index is 0.224. The van der Waals surface area contributed by atoms with Gasteiger partial charge in [0.1, 0.15) is 5.76 Å². The van der Waals surface area contributed by atoms with E-state index in [0.717, 1.165) is 12.2 Å². The first-order valence-corrected chi connectivity index (χ1v) is 7.96. The van der Waals surface area contributed by atoms with Crippen molar-refractivity contribution in [3.05, 3.63) is 53.5 Å². The first-order chi connectivity index (χ1) is 10.0. The number of nitrogens with one attached hydrogen (secondary N) is 1. The third kappa shape index (κ3) is 3.69. The van der Waals surface area contributed by atoms with Crippen LogP contribution in [0.3, 0.4) is 0 Å². The van der Waals surface area contributed by atoms with Crippen molar-refractivity contribution >= 4 is 5.69 Å². The maximum absolute atomic E-state index is 5.56. The molecule has 0 aliphatic rings. The highest BCUT2D eigenvalue weighted by Crippen LogP contribution is 2.31. The molecule has 0 saturated carbocycles. The maximum Gasteiger partial charge on any atom is 0.125 e. The number of hydrogen-bond acceptors (Lipinski definition) is 2. The van der Waals surface area contributed by atoms with Crippen molar-refractivity contribution in [1.29, 1.82) is 0 Å². The molecule has 0 bridgehead atoms. The number of benzene rings is 1. The summed E-state index contributed by atoms with van der Waals surface area (Å²) in [7, 11) is 0. The average Bonchev–Trinajstić information content (AvgIpc) is 2.98. The van der Waals surface area contributed by atoms with E-state index in [0.29, 0.717) is 11.8 Å². The van der Waals surface area contributed by atoms with Gasteiger partial charge in [0.25, 0.3) is 0 Å². The Kier molecular flexibility index (Phi) is 5.11. The zero-order valence-corrected chi connectivity index (χ0v) is 13.8. The van der Waals surface area contributed by atoms with E-state index < -0.39 is 0 Å². The highest BCUT2D eigenvalue weighted by molar-refractivity contribution is 5.55. The van der Waals surface area contributed by atoms with E-state index in [1.165, 1.54) is 16.8 Å². The molecule has 2 heteroatoms. The summed E-state index contributed by atoms with van der Waals surface area (Å²) in [5, 5.41) is 3.65. The van der Waals surface area contributed by atoms with Gasteiger partial charge in [0.05, 0.1) is 12.3 Å². The number of anilines is 1. The van der Waals surface area contributed by atoms with Gasteiger partial charge in [0, 0.05) is 5.69 Å². The molecular formula is C19H27NO. The van der Waals surface area contributed by atoms with Crippen molar-refractivity contribution in [3.63, 3.8) is 0 Å². The molecule has 0 amide bonds. The molecule has 114 valence electrons. The van der Waals surface area contributed by atoms with Crippen molar-refractivity contribution in [2.45, 2.75) is 58.9 Å². The largest absolute Gasteiger partial charge is 0.467 e. The van der Waals surface area contributed by atoms with Gasteiger partial charge < -0.3 is 9.73 Å². The van der Waals surface area contributed by atoms with Gasteiger partial charge in [0.2, 0.25) is 0 Å². The highest BCUT2D eigenvalue weighted by atomic mass is 16.3. The number of hydrogen-bond donors (Lipinski definition) is 1. The van der Waals surface area contributed by atoms with Crippen molar-refractivity contribution in [1.82, 2.24) is 0 Å². The summed E-state index contributed by atoms with van der Waals surface area (Å²) in [6, 6.07) is 11.0. The Bertz CT molecular complexity index is 555. The van der Waals surface area contributed by atoms with Crippen molar-refractivity contribution in [2.75, 3.05) is 5.32 Å². The van der Waals surface area contributed by atoms with Crippen LogP contribution in [0.5, 0.6) is 0 Å². The molecule has 2 nitrogen and oxygen atoms in total. The standard InChI is InChI=1S/C19H27NO/c1-6-17(19-8-7-11-21-19)20-18-10-9-15(13(2)3)12-16(18)14(4)5/h7-14,17,20H,6H2,1-5H3. The van der Waals surface area contributed by atoms with Gasteiger partial charge in [-0.15, -0.1) is 0 Å². The summed E-state index contributed by atoms with van der Waals surface area (Å²) in [4.78, 5) is 0. The molecule has 0 aliphatic carbocycles. The molecule has 0 spiro atoms. The lowest BCUT2D eigenvalue weighted by Crippen LogP contribution is -2.11. The minimum Gasteiger partial charge on any atom is -0.467 e. The van der Waals surface area contributed by atoms with Crippen molar-refractivity contribution in [2.24, 2.45) is 0 Å². The highest BCUT2D eigenvalue weighted by Gasteiger charge is 2.16. The summed E-state index contributed by atoms with van der Waals surface area (Å²) >= 11 is 0. The fraction of sp³-hybridized carbons (Fsp3) is 0.474. The monoisotopic (exact) mass is 285 g/mol. The maximum atomic E-state index is 5.56. The van der Waals surface area contributed by atoms with Crippen LogP contribution in [0.15, 0.2) is 41.0 Å². The van der Waals surface area contributed by atoms with E-state index in [-0.39, 0.29) is 6.04 Å². The fourth-order valence-electron chi connectivity index (χ4n) is 2.60. The molecule has 2 aromatic rings. The molecular weight excluding hydrogens is 258 g/mol. The van der Waals surface area contributed by atoms with Gasteiger partial charge in [-0.1, -0.05) is 46.8 Å². The third-order valence-corrected chi connectivity index (χ3v) is 3.99. The van der Waals surface area contributed by atoms with Crippen LogP contribution >= 0.6 is 0 Å². The SMILES string of the molecule is CCC(Nc1ccc(C(C)C)cc1C(C)C)c1ccco1. The Morgan fingerprint density at radius 3 is 2.33 bits per heavy atom. The van der Waals surface area contributed by atoms with Crippen LogP contribution in [0.25, 0.3) is 0 Å². The number of rotatable bonds is 6. The van der Waals surface area contributed by atoms with Crippen LogP contribution in [0.4, 0.5) is 5.69 Å². The lowest BCUT2D eigenvalue weighted by Gasteiger charge is -2.22. The molecule has 1 aromatic heterocycles. The fourth-order valence-corrected chi connectivity index (χ4v) is 2.60. The van der Waals surface area contributed by atoms with Crippen molar-refractivity contribution in [3.8, 4) is 0 Å². The molecule has 1 heterocycles. The predicted molar refractivity (Wildman–Crippen MR) is 90.0 cm³/mol. The molecule has 0 aliphatic heterocycles. The van der Waals surface area contributed by atoms with Gasteiger partial charge in [-0.05, 0) is 47.6 Å². The van der Waals surface area contributed by atoms with Crippen LogP contribution in [-0.4, -0.2) is 0 Å². The van der Waals surface area contributed by atoms with E-state index >= 15 is 0 Å². The molecule has 1 atom stereocenters. The van der Waals surface area contributed by atoms with E-state index in [1.54, 1.807) is 6.26 Å². The van der Waals surface area contributed by atoms with E-state index in [4.69, 9.17) is 4.42 Å². The Morgan fingerprint density at radius 2 is 1.81 bits per heavy atom. The summed E-state index contributed by atoms with van der Waals surface area (Å²) in [5.74, 6) is 2.06. The lowest BCUT2D eigenvalue weighted by atomic mass is 9.93. The molecule has 1 unspecified atom stereocenters. The van der Waals surface area contributed by atoms with E-state index in [1.807, 2.05) is 12.1 Å². The predicted octanol–water partition coefficient (Wildman–Crippen LogP) is 6.09. The number of furan rings is 1. The lowest BCUT2D eigenvalue weighted by molar-refractivity contribution is 0.473. The molecule has 1 aromatic carbocycles. The first-order valence-electron chi connectivity index (χ1n) is 7.96. The van der Waals surface area contributed by atoms with Crippen LogP contribution in [-0.2, 0) is 0 Å². The van der Waals surface area contributed by atoms with Gasteiger partial charge in [-0.25, -0.2) is 0 Å².